The maximum Gasteiger partial charge on any atom is 0.151 e. The summed E-state index contributed by atoms with van der Waals surface area (Å²) in [5.41, 5.74) is 1.42. The van der Waals surface area contributed by atoms with Crippen LogP contribution < -0.4 is 4.74 Å². The van der Waals surface area contributed by atoms with Crippen molar-refractivity contribution >= 4 is 10.9 Å². The fourth-order valence-electron chi connectivity index (χ4n) is 2.26. The molecule has 0 spiro atoms. The number of pyridine rings is 1. The Kier molecular flexibility index (Phi) is 2.13. The molecular formula is C14H15NO2. The Hall–Kier alpha value is -1.61. The summed E-state index contributed by atoms with van der Waals surface area (Å²) in [5.74, 6) is 0.731. The van der Waals surface area contributed by atoms with Crippen LogP contribution in [0.5, 0.6) is 5.75 Å². The van der Waals surface area contributed by atoms with Crippen molar-refractivity contribution in [2.75, 3.05) is 6.61 Å². The summed E-state index contributed by atoms with van der Waals surface area (Å²) in [7, 11) is 0. The van der Waals surface area contributed by atoms with Crippen molar-refractivity contribution in [2.45, 2.75) is 20.0 Å². The Morgan fingerprint density at radius 2 is 2.18 bits per heavy atom. The molecule has 0 saturated heterocycles. The van der Waals surface area contributed by atoms with Crippen LogP contribution in [0.2, 0.25) is 0 Å². The number of fused-ring (bicyclic) bond motifs is 3. The zero-order chi connectivity index (χ0) is 12.0. The van der Waals surface area contributed by atoms with E-state index in [0.29, 0.717) is 6.61 Å². The van der Waals surface area contributed by atoms with Crippen LogP contribution in [0.3, 0.4) is 0 Å². The van der Waals surface area contributed by atoms with Crippen LogP contribution in [0, 0.1) is 5.41 Å². The molecule has 0 radical (unpaired) electrons. The van der Waals surface area contributed by atoms with Crippen molar-refractivity contribution in [3.63, 3.8) is 0 Å². The molecule has 1 atom stereocenters. The lowest BCUT2D eigenvalue weighted by Gasteiger charge is -2.36. The highest BCUT2D eigenvalue weighted by Gasteiger charge is 2.37. The predicted molar refractivity (Wildman–Crippen MR) is 66.0 cm³/mol. The molecule has 0 bridgehead atoms. The third-order valence-electron chi connectivity index (χ3n) is 3.38. The van der Waals surface area contributed by atoms with Gasteiger partial charge in [0.25, 0.3) is 0 Å². The number of ether oxygens (including phenoxy) is 1. The molecule has 1 aliphatic rings. The van der Waals surface area contributed by atoms with E-state index < -0.39 is 6.10 Å². The second-order valence-corrected chi connectivity index (χ2v) is 5.24. The highest BCUT2D eigenvalue weighted by Crippen LogP contribution is 2.44. The van der Waals surface area contributed by atoms with Crippen LogP contribution >= 0.6 is 0 Å². The Morgan fingerprint density at radius 3 is 3.00 bits per heavy atom. The largest absolute Gasteiger partial charge is 0.490 e. The van der Waals surface area contributed by atoms with Gasteiger partial charge in [-0.3, -0.25) is 4.98 Å². The fourth-order valence-corrected chi connectivity index (χ4v) is 2.26. The van der Waals surface area contributed by atoms with Crippen LogP contribution in [0.1, 0.15) is 25.5 Å². The Bertz CT molecular complexity index is 577. The molecule has 2 heterocycles. The SMILES string of the molecule is CC1(C)COc2c(ccc3cccnc23)C1O. The number of hydrogen-bond donors (Lipinski definition) is 1. The molecule has 0 amide bonds. The predicted octanol–water partition coefficient (Wildman–Crippen LogP) is 2.69. The smallest absolute Gasteiger partial charge is 0.151 e. The van der Waals surface area contributed by atoms with Crippen molar-refractivity contribution in [1.82, 2.24) is 4.98 Å². The van der Waals surface area contributed by atoms with Crippen molar-refractivity contribution in [3.8, 4) is 5.75 Å². The van der Waals surface area contributed by atoms with E-state index in [9.17, 15) is 5.11 Å². The minimum Gasteiger partial charge on any atom is -0.490 e. The molecule has 3 heteroatoms. The number of benzene rings is 1. The summed E-state index contributed by atoms with van der Waals surface area (Å²) in [5, 5.41) is 11.4. The van der Waals surface area contributed by atoms with Crippen molar-refractivity contribution in [2.24, 2.45) is 5.41 Å². The van der Waals surface area contributed by atoms with Gasteiger partial charge in [0.2, 0.25) is 0 Å². The normalized spacial score (nSPS) is 21.9. The minimum atomic E-state index is -0.502. The molecule has 17 heavy (non-hydrogen) atoms. The summed E-state index contributed by atoms with van der Waals surface area (Å²) < 4.78 is 5.80. The monoisotopic (exact) mass is 229 g/mol. The number of aromatic nitrogens is 1. The van der Waals surface area contributed by atoms with Crippen molar-refractivity contribution < 1.29 is 9.84 Å². The average molecular weight is 229 g/mol. The lowest BCUT2D eigenvalue weighted by molar-refractivity contribution is -0.00642. The molecule has 1 aromatic heterocycles. The van der Waals surface area contributed by atoms with Gasteiger partial charge in [-0.25, -0.2) is 0 Å². The second kappa shape index (κ2) is 3.44. The lowest BCUT2D eigenvalue weighted by Crippen LogP contribution is -2.33. The molecule has 1 aromatic carbocycles. The zero-order valence-electron chi connectivity index (χ0n) is 9.97. The van der Waals surface area contributed by atoms with Gasteiger partial charge in [-0.1, -0.05) is 32.0 Å². The van der Waals surface area contributed by atoms with Gasteiger partial charge in [0, 0.05) is 22.6 Å². The van der Waals surface area contributed by atoms with E-state index in [1.54, 1.807) is 6.20 Å². The zero-order valence-corrected chi connectivity index (χ0v) is 9.97. The van der Waals surface area contributed by atoms with Crippen LogP contribution in [-0.2, 0) is 0 Å². The summed E-state index contributed by atoms with van der Waals surface area (Å²) in [6, 6.07) is 7.82. The van der Waals surface area contributed by atoms with E-state index in [-0.39, 0.29) is 5.41 Å². The maximum absolute atomic E-state index is 10.3. The number of aliphatic hydroxyl groups is 1. The molecular weight excluding hydrogens is 214 g/mol. The quantitative estimate of drug-likeness (QED) is 0.755. The minimum absolute atomic E-state index is 0.255. The molecule has 2 aromatic rings. The number of nitrogens with zero attached hydrogens (tertiary/aromatic N) is 1. The van der Waals surface area contributed by atoms with Gasteiger partial charge in [-0.05, 0) is 6.07 Å². The topological polar surface area (TPSA) is 42.4 Å². The Labute approximate surface area is 100 Å². The first-order valence-corrected chi connectivity index (χ1v) is 5.78. The van der Waals surface area contributed by atoms with E-state index in [1.807, 2.05) is 38.1 Å². The second-order valence-electron chi connectivity index (χ2n) is 5.24. The van der Waals surface area contributed by atoms with Gasteiger partial charge in [-0.15, -0.1) is 0 Å². The average Bonchev–Trinajstić information content (AvgIpc) is 2.33. The number of rotatable bonds is 0. The van der Waals surface area contributed by atoms with Gasteiger partial charge in [0.05, 0.1) is 12.7 Å². The van der Waals surface area contributed by atoms with Crippen LogP contribution in [0.15, 0.2) is 30.5 Å². The molecule has 88 valence electrons. The van der Waals surface area contributed by atoms with Gasteiger partial charge < -0.3 is 9.84 Å². The van der Waals surface area contributed by atoms with E-state index in [1.165, 1.54) is 0 Å². The molecule has 3 nitrogen and oxygen atoms in total. The van der Waals surface area contributed by atoms with E-state index in [4.69, 9.17) is 4.74 Å². The summed E-state index contributed by atoms with van der Waals surface area (Å²) in [6.07, 6.45) is 1.25. The van der Waals surface area contributed by atoms with Gasteiger partial charge >= 0.3 is 0 Å². The number of aliphatic hydroxyl groups excluding tert-OH is 1. The summed E-state index contributed by atoms with van der Waals surface area (Å²) in [6.45, 7) is 4.52. The molecule has 0 aliphatic carbocycles. The Morgan fingerprint density at radius 1 is 1.35 bits per heavy atom. The third kappa shape index (κ3) is 1.50. The number of hydrogen-bond acceptors (Lipinski definition) is 3. The van der Waals surface area contributed by atoms with Gasteiger partial charge in [0.15, 0.2) is 5.75 Å². The molecule has 1 aliphatic heterocycles. The van der Waals surface area contributed by atoms with Crippen LogP contribution in [0.25, 0.3) is 10.9 Å². The lowest BCUT2D eigenvalue weighted by atomic mass is 9.81. The van der Waals surface area contributed by atoms with Gasteiger partial charge in [-0.2, -0.15) is 0 Å². The third-order valence-corrected chi connectivity index (χ3v) is 3.38. The highest BCUT2D eigenvalue weighted by atomic mass is 16.5. The Balaban J connectivity index is 2.26. The first-order chi connectivity index (χ1) is 8.09. The van der Waals surface area contributed by atoms with Crippen LogP contribution in [0.4, 0.5) is 0 Å². The highest BCUT2D eigenvalue weighted by molar-refractivity contribution is 5.86. The maximum atomic E-state index is 10.3. The summed E-state index contributed by atoms with van der Waals surface area (Å²) >= 11 is 0. The van der Waals surface area contributed by atoms with E-state index in [2.05, 4.69) is 4.98 Å². The molecule has 1 N–H and O–H groups in total. The molecule has 0 saturated carbocycles. The van der Waals surface area contributed by atoms with Crippen LogP contribution in [-0.4, -0.2) is 16.7 Å². The van der Waals surface area contributed by atoms with Crippen molar-refractivity contribution in [1.29, 1.82) is 0 Å². The molecule has 3 rings (SSSR count). The first-order valence-electron chi connectivity index (χ1n) is 5.78. The fraction of sp³-hybridized carbons (Fsp3) is 0.357. The standard InChI is InChI=1S/C14H15NO2/c1-14(2)8-17-12-10(13(14)16)6-5-9-4-3-7-15-11(9)12/h3-7,13,16H,8H2,1-2H3. The van der Waals surface area contributed by atoms with E-state index in [0.717, 1.165) is 22.2 Å². The molecule has 0 fully saturated rings. The molecule has 1 unspecified atom stereocenters. The first kappa shape index (κ1) is 10.5. The van der Waals surface area contributed by atoms with Crippen molar-refractivity contribution in [3.05, 3.63) is 36.0 Å². The van der Waals surface area contributed by atoms with Gasteiger partial charge in [0.1, 0.15) is 5.52 Å². The summed E-state index contributed by atoms with van der Waals surface area (Å²) in [4.78, 5) is 4.34. The van der Waals surface area contributed by atoms with E-state index >= 15 is 0 Å².